The van der Waals surface area contributed by atoms with Crippen LogP contribution in [0.3, 0.4) is 0 Å². The first-order valence-electron chi connectivity index (χ1n) is 9.34. The summed E-state index contributed by atoms with van der Waals surface area (Å²) in [5, 5.41) is 2.51. The molecule has 138 valence electrons. The summed E-state index contributed by atoms with van der Waals surface area (Å²) in [6.45, 7) is 4.61. The minimum Gasteiger partial charge on any atom is -0.310 e. The first-order valence-corrected chi connectivity index (χ1v) is 10.9. The molecule has 0 saturated carbocycles. The van der Waals surface area contributed by atoms with E-state index in [0.29, 0.717) is 0 Å². The van der Waals surface area contributed by atoms with Crippen molar-refractivity contribution in [1.82, 2.24) is 0 Å². The van der Waals surface area contributed by atoms with Gasteiger partial charge in [0.15, 0.2) is 0 Å². The van der Waals surface area contributed by atoms with Crippen LogP contribution in [-0.2, 0) is 5.41 Å². The molecule has 0 spiro atoms. The molecule has 3 heteroatoms. The fourth-order valence-electron chi connectivity index (χ4n) is 4.28. The Balaban J connectivity index is 1.82. The van der Waals surface area contributed by atoms with Crippen molar-refractivity contribution in [1.29, 1.82) is 0 Å². The average Bonchev–Trinajstić information content (AvgIpc) is 2.69. The molecule has 0 aromatic heterocycles. The quantitative estimate of drug-likeness (QED) is 0.257. The Kier molecular flexibility index (Phi) is 4.15. The summed E-state index contributed by atoms with van der Waals surface area (Å²) in [5.74, 6) is 0. The van der Waals surface area contributed by atoms with E-state index >= 15 is 0 Å². The second-order valence-corrected chi connectivity index (χ2v) is 9.65. The van der Waals surface area contributed by atoms with Crippen LogP contribution in [0.4, 0.5) is 17.1 Å². The predicted molar refractivity (Wildman–Crippen MR) is 126 cm³/mol. The highest BCUT2D eigenvalue weighted by atomic mass is 79.9. The van der Waals surface area contributed by atoms with Gasteiger partial charge >= 0.3 is 0 Å². The van der Waals surface area contributed by atoms with E-state index in [1.54, 1.807) is 0 Å². The molecule has 1 aliphatic rings. The fourth-order valence-corrected chi connectivity index (χ4v) is 5.00. The molecule has 0 aliphatic carbocycles. The highest BCUT2D eigenvalue weighted by Crippen LogP contribution is 2.53. The summed E-state index contributed by atoms with van der Waals surface area (Å²) in [6, 6.07) is 28.5. The molecule has 1 heterocycles. The van der Waals surface area contributed by atoms with E-state index in [-0.39, 0.29) is 5.41 Å². The van der Waals surface area contributed by atoms with Crippen molar-refractivity contribution >= 4 is 59.7 Å². The van der Waals surface area contributed by atoms with Gasteiger partial charge < -0.3 is 4.90 Å². The lowest BCUT2D eigenvalue weighted by Crippen LogP contribution is -2.30. The number of fused-ring (bicyclic) bond motifs is 3. The smallest absolute Gasteiger partial charge is 0.0503 e. The number of rotatable bonds is 1. The van der Waals surface area contributed by atoms with Crippen LogP contribution in [-0.4, -0.2) is 0 Å². The zero-order valence-electron chi connectivity index (χ0n) is 15.7. The lowest BCUT2D eigenvalue weighted by Gasteiger charge is -2.42. The molecule has 1 nitrogen and oxygen atoms in total. The molecule has 0 unspecified atom stereocenters. The molecular formula is C25H19Br2N. The normalized spacial score (nSPS) is 14.6. The Bertz CT molecular complexity index is 1170. The lowest BCUT2D eigenvalue weighted by atomic mass is 9.73. The van der Waals surface area contributed by atoms with Gasteiger partial charge in [-0.05, 0) is 70.4 Å². The first kappa shape index (κ1) is 18.0. The topological polar surface area (TPSA) is 3.24 Å². The molecule has 0 N–H and O–H groups in total. The number of halogens is 2. The minimum absolute atomic E-state index is 0.0917. The second-order valence-electron chi connectivity index (χ2n) is 7.81. The summed E-state index contributed by atoms with van der Waals surface area (Å²) in [7, 11) is 0. The molecule has 4 aromatic carbocycles. The summed E-state index contributed by atoms with van der Waals surface area (Å²) in [6.07, 6.45) is 0. The van der Waals surface area contributed by atoms with Gasteiger partial charge in [0, 0.05) is 20.0 Å². The van der Waals surface area contributed by atoms with Crippen molar-refractivity contribution in [2.45, 2.75) is 19.3 Å². The molecule has 5 rings (SSSR count). The molecule has 0 radical (unpaired) electrons. The third-order valence-corrected chi connectivity index (χ3v) is 6.72. The van der Waals surface area contributed by atoms with E-state index in [2.05, 4.69) is 129 Å². The van der Waals surface area contributed by atoms with E-state index in [1.807, 2.05) is 0 Å². The predicted octanol–water partition coefficient (Wildman–Crippen LogP) is 8.47. The summed E-state index contributed by atoms with van der Waals surface area (Å²) < 4.78 is 2.22. The van der Waals surface area contributed by atoms with E-state index in [0.717, 1.165) is 8.95 Å². The third-order valence-electron chi connectivity index (χ3n) is 5.74. The van der Waals surface area contributed by atoms with E-state index in [4.69, 9.17) is 0 Å². The number of hydrogen-bond donors (Lipinski definition) is 0. The van der Waals surface area contributed by atoms with Crippen molar-refractivity contribution < 1.29 is 0 Å². The second kappa shape index (κ2) is 6.47. The Labute approximate surface area is 182 Å². The first-order chi connectivity index (χ1) is 13.4. The average molecular weight is 493 g/mol. The van der Waals surface area contributed by atoms with Gasteiger partial charge in [0.25, 0.3) is 0 Å². The van der Waals surface area contributed by atoms with Crippen molar-refractivity contribution in [3.8, 4) is 0 Å². The van der Waals surface area contributed by atoms with Gasteiger partial charge in [-0.15, -0.1) is 0 Å². The van der Waals surface area contributed by atoms with Gasteiger partial charge in [0.1, 0.15) is 0 Å². The van der Waals surface area contributed by atoms with Crippen LogP contribution in [0.5, 0.6) is 0 Å². The zero-order chi connectivity index (χ0) is 19.5. The van der Waals surface area contributed by atoms with Gasteiger partial charge in [0.2, 0.25) is 0 Å². The van der Waals surface area contributed by atoms with Crippen LogP contribution in [0, 0.1) is 0 Å². The highest BCUT2D eigenvalue weighted by Gasteiger charge is 2.37. The minimum atomic E-state index is -0.0917. The number of hydrogen-bond acceptors (Lipinski definition) is 1. The van der Waals surface area contributed by atoms with Crippen molar-refractivity contribution in [2.75, 3.05) is 4.90 Å². The Morgan fingerprint density at radius 1 is 0.643 bits per heavy atom. The maximum atomic E-state index is 3.68. The van der Waals surface area contributed by atoms with Crippen LogP contribution in [0.25, 0.3) is 10.8 Å². The molecule has 1 aliphatic heterocycles. The van der Waals surface area contributed by atoms with Crippen LogP contribution < -0.4 is 4.90 Å². The number of benzene rings is 4. The van der Waals surface area contributed by atoms with Gasteiger partial charge in [-0.1, -0.05) is 76.0 Å². The zero-order valence-corrected chi connectivity index (χ0v) is 18.9. The van der Waals surface area contributed by atoms with Crippen LogP contribution in [0.15, 0.2) is 87.8 Å². The Hall–Kier alpha value is -2.10. The van der Waals surface area contributed by atoms with Gasteiger partial charge in [-0.2, -0.15) is 0 Å². The highest BCUT2D eigenvalue weighted by molar-refractivity contribution is 9.10. The number of anilines is 3. The molecule has 28 heavy (non-hydrogen) atoms. The molecular weight excluding hydrogens is 474 g/mol. The van der Waals surface area contributed by atoms with Crippen molar-refractivity contribution in [3.63, 3.8) is 0 Å². The monoisotopic (exact) mass is 491 g/mol. The lowest BCUT2D eigenvalue weighted by molar-refractivity contribution is 0.631. The van der Waals surface area contributed by atoms with E-state index < -0.39 is 0 Å². The molecule has 0 saturated heterocycles. The summed E-state index contributed by atoms with van der Waals surface area (Å²) >= 11 is 7.35. The SMILES string of the molecule is CC1(C)c2cc(Br)ccc2N(c2ccc3ccccc3c2)c2ccc(Br)cc21. The summed E-state index contributed by atoms with van der Waals surface area (Å²) in [4.78, 5) is 2.39. The van der Waals surface area contributed by atoms with Crippen molar-refractivity contribution in [2.24, 2.45) is 0 Å². The van der Waals surface area contributed by atoms with E-state index in [1.165, 1.54) is 39.0 Å². The van der Waals surface area contributed by atoms with Crippen LogP contribution >= 0.6 is 31.9 Å². The third kappa shape index (κ3) is 2.72. The van der Waals surface area contributed by atoms with Gasteiger partial charge in [-0.3, -0.25) is 0 Å². The Morgan fingerprint density at radius 3 is 1.82 bits per heavy atom. The summed E-state index contributed by atoms with van der Waals surface area (Å²) in [5.41, 5.74) is 6.20. The molecule has 0 amide bonds. The largest absolute Gasteiger partial charge is 0.310 e. The molecule has 0 fully saturated rings. The maximum Gasteiger partial charge on any atom is 0.0503 e. The fraction of sp³-hybridized carbons (Fsp3) is 0.120. The van der Waals surface area contributed by atoms with E-state index in [9.17, 15) is 0 Å². The Morgan fingerprint density at radius 2 is 1.21 bits per heavy atom. The number of nitrogens with zero attached hydrogens (tertiary/aromatic N) is 1. The van der Waals surface area contributed by atoms with Crippen LogP contribution in [0.1, 0.15) is 25.0 Å². The van der Waals surface area contributed by atoms with Crippen molar-refractivity contribution in [3.05, 3.63) is 98.9 Å². The van der Waals surface area contributed by atoms with Gasteiger partial charge in [0.05, 0.1) is 11.4 Å². The van der Waals surface area contributed by atoms with Gasteiger partial charge in [-0.25, -0.2) is 0 Å². The van der Waals surface area contributed by atoms with Crippen LogP contribution in [0.2, 0.25) is 0 Å². The molecule has 4 aromatic rings. The standard InChI is InChI=1S/C25H19Br2N/c1-25(2)21-14-18(26)8-11-23(21)28(24-12-9-19(27)15-22(24)25)20-10-7-16-5-3-4-6-17(16)13-20/h3-15H,1-2H3. The molecule has 0 bridgehead atoms. The molecule has 0 atom stereocenters. The maximum absolute atomic E-state index is 3.68.